The van der Waals surface area contributed by atoms with Gasteiger partial charge in [-0.25, -0.2) is 14.8 Å². The SMILES string of the molecule is COc1ccc(C[C@H](NC(=O)CCN(NC(=O)C(C)Cc2nc(C)cs2)C(=O)O)[C@@H](O)C[C@@H](C)C(=O)NC(C(=O)NCC(C)C)C(C)C)cc1. The number of benzene rings is 1. The van der Waals surface area contributed by atoms with Gasteiger partial charge in [0.15, 0.2) is 0 Å². The number of nitrogens with zero attached hydrogens (tertiary/aromatic N) is 2. The van der Waals surface area contributed by atoms with Crippen molar-refractivity contribution in [2.75, 3.05) is 20.2 Å². The molecular formula is C35H54N6O8S. The normalized spacial score (nSPS) is 14.2. The molecule has 0 radical (unpaired) electrons. The quantitative estimate of drug-likeness (QED) is 0.118. The minimum Gasteiger partial charge on any atom is -0.497 e. The summed E-state index contributed by atoms with van der Waals surface area (Å²) in [5.74, 6) is -2.37. The maximum Gasteiger partial charge on any atom is 0.426 e. The molecule has 0 fully saturated rings. The van der Waals surface area contributed by atoms with Crippen LogP contribution in [0.5, 0.6) is 5.75 Å². The number of amides is 5. The highest BCUT2D eigenvalue weighted by Crippen LogP contribution is 2.18. The molecule has 0 saturated heterocycles. The van der Waals surface area contributed by atoms with E-state index in [1.54, 1.807) is 38.1 Å². The van der Waals surface area contributed by atoms with Crippen molar-refractivity contribution in [1.82, 2.24) is 31.4 Å². The first-order valence-electron chi connectivity index (χ1n) is 16.9. The highest BCUT2D eigenvalue weighted by atomic mass is 32.1. The summed E-state index contributed by atoms with van der Waals surface area (Å²) in [7, 11) is 1.54. The lowest BCUT2D eigenvalue weighted by Crippen LogP contribution is -2.52. The lowest BCUT2D eigenvalue weighted by atomic mass is 9.93. The van der Waals surface area contributed by atoms with Gasteiger partial charge in [0.25, 0.3) is 0 Å². The summed E-state index contributed by atoms with van der Waals surface area (Å²) >= 11 is 1.42. The number of carboxylic acid groups (broad SMARTS) is 1. The van der Waals surface area contributed by atoms with Gasteiger partial charge in [0.05, 0.1) is 30.8 Å². The largest absolute Gasteiger partial charge is 0.497 e. The van der Waals surface area contributed by atoms with Crippen molar-refractivity contribution < 1.29 is 38.9 Å². The molecule has 0 aliphatic heterocycles. The van der Waals surface area contributed by atoms with Gasteiger partial charge in [-0.1, -0.05) is 53.7 Å². The Morgan fingerprint density at radius 1 is 0.920 bits per heavy atom. The molecule has 14 nitrogen and oxygen atoms in total. The van der Waals surface area contributed by atoms with Gasteiger partial charge in [-0.05, 0) is 49.3 Å². The Morgan fingerprint density at radius 2 is 1.58 bits per heavy atom. The molecule has 1 heterocycles. The molecule has 5 atom stereocenters. The van der Waals surface area contributed by atoms with E-state index < -0.39 is 53.8 Å². The molecule has 5 amide bonds. The fraction of sp³-hybridized carbons (Fsp3) is 0.600. The van der Waals surface area contributed by atoms with Crippen LogP contribution >= 0.6 is 11.3 Å². The number of aryl methyl sites for hydroxylation is 1. The van der Waals surface area contributed by atoms with E-state index in [-0.39, 0.29) is 43.6 Å². The van der Waals surface area contributed by atoms with Crippen molar-refractivity contribution in [3.05, 3.63) is 45.9 Å². The third-order valence-corrected chi connectivity index (χ3v) is 9.02. The number of hydrazine groups is 1. The molecular weight excluding hydrogens is 664 g/mol. The lowest BCUT2D eigenvalue weighted by Gasteiger charge is -2.28. The predicted octanol–water partition coefficient (Wildman–Crippen LogP) is 3.07. The van der Waals surface area contributed by atoms with Gasteiger partial charge < -0.3 is 30.9 Å². The number of aromatic nitrogens is 1. The number of aliphatic hydroxyl groups is 1. The standard InChI is InChI=1S/C35H54N6O8S/c1-20(2)18-36-34(46)31(21(3)4)39-32(44)22(5)15-28(42)27(17-25-9-11-26(49-8)12-10-25)38-29(43)13-14-41(35(47)48)40-33(45)23(6)16-30-37-24(7)19-50-30/h9-12,19-23,27-28,31,42H,13-18H2,1-8H3,(H,36,46)(H,38,43)(H,39,44)(H,40,45)(H,47,48)/t22-,23?,27+,28+,31?/m1/s1. The molecule has 6 N–H and O–H groups in total. The minimum absolute atomic E-state index is 0.0286. The van der Waals surface area contributed by atoms with Crippen LogP contribution in [0.3, 0.4) is 0 Å². The first-order chi connectivity index (χ1) is 23.5. The first-order valence-corrected chi connectivity index (χ1v) is 17.8. The van der Waals surface area contributed by atoms with Gasteiger partial charge in [0.1, 0.15) is 11.8 Å². The Labute approximate surface area is 298 Å². The molecule has 0 aliphatic rings. The molecule has 1 aromatic heterocycles. The van der Waals surface area contributed by atoms with Gasteiger partial charge in [-0.15, -0.1) is 11.3 Å². The highest BCUT2D eigenvalue weighted by Gasteiger charge is 2.30. The number of rotatable bonds is 19. The average Bonchev–Trinajstić information content (AvgIpc) is 3.47. The van der Waals surface area contributed by atoms with Gasteiger partial charge in [0.2, 0.25) is 23.6 Å². The molecule has 2 rings (SSSR count). The summed E-state index contributed by atoms with van der Waals surface area (Å²) < 4.78 is 5.23. The molecule has 278 valence electrons. The smallest absolute Gasteiger partial charge is 0.426 e. The Kier molecular flexibility index (Phi) is 17.1. The molecule has 0 aliphatic carbocycles. The Morgan fingerprint density at radius 3 is 2.12 bits per heavy atom. The summed E-state index contributed by atoms with van der Waals surface area (Å²) in [5.41, 5.74) is 3.98. The number of hydrogen-bond donors (Lipinski definition) is 6. The summed E-state index contributed by atoms with van der Waals surface area (Å²) in [6.45, 7) is 12.9. The number of aliphatic hydroxyl groups excluding tert-OH is 1. The van der Waals surface area contributed by atoms with Crippen LogP contribution in [0.1, 0.15) is 70.6 Å². The Bertz CT molecular complexity index is 1420. The molecule has 2 unspecified atom stereocenters. The average molecular weight is 719 g/mol. The zero-order valence-electron chi connectivity index (χ0n) is 30.3. The van der Waals surface area contributed by atoms with Crippen LogP contribution in [0.25, 0.3) is 0 Å². The van der Waals surface area contributed by atoms with E-state index in [9.17, 15) is 34.2 Å². The van der Waals surface area contributed by atoms with Crippen molar-refractivity contribution in [1.29, 1.82) is 0 Å². The van der Waals surface area contributed by atoms with Gasteiger partial charge in [-0.3, -0.25) is 24.6 Å². The van der Waals surface area contributed by atoms with Crippen LogP contribution in [-0.2, 0) is 32.0 Å². The van der Waals surface area contributed by atoms with E-state index in [0.29, 0.717) is 23.7 Å². The van der Waals surface area contributed by atoms with Crippen molar-refractivity contribution in [2.45, 2.75) is 92.3 Å². The van der Waals surface area contributed by atoms with Gasteiger partial charge in [-0.2, -0.15) is 0 Å². The minimum atomic E-state index is -1.43. The molecule has 1 aromatic carbocycles. The number of nitrogens with one attached hydrogen (secondary N) is 4. The molecule has 0 saturated carbocycles. The number of ether oxygens (including phenoxy) is 1. The maximum absolute atomic E-state index is 13.2. The molecule has 2 aromatic rings. The predicted molar refractivity (Wildman–Crippen MR) is 190 cm³/mol. The monoisotopic (exact) mass is 718 g/mol. The second kappa shape index (κ2) is 20.4. The number of carbonyl (C=O) groups is 5. The van der Waals surface area contributed by atoms with Crippen molar-refractivity contribution in [3.63, 3.8) is 0 Å². The van der Waals surface area contributed by atoms with Crippen LogP contribution in [0.2, 0.25) is 0 Å². The van der Waals surface area contributed by atoms with E-state index in [1.165, 1.54) is 18.4 Å². The van der Waals surface area contributed by atoms with Crippen LogP contribution in [0, 0.1) is 30.6 Å². The lowest BCUT2D eigenvalue weighted by molar-refractivity contribution is -0.132. The van der Waals surface area contributed by atoms with E-state index >= 15 is 0 Å². The summed E-state index contributed by atoms with van der Waals surface area (Å²) in [5, 5.41) is 32.8. The van der Waals surface area contributed by atoms with Crippen LogP contribution in [0.15, 0.2) is 29.6 Å². The Hall–Kier alpha value is -4.24. The van der Waals surface area contributed by atoms with Gasteiger partial charge >= 0.3 is 6.09 Å². The second-order valence-electron chi connectivity index (χ2n) is 13.4. The molecule has 0 bridgehead atoms. The summed E-state index contributed by atoms with van der Waals surface area (Å²) in [6.07, 6.45) is -2.42. The van der Waals surface area contributed by atoms with E-state index in [1.807, 2.05) is 40.0 Å². The number of carbonyl (C=O) groups excluding carboxylic acids is 4. The van der Waals surface area contributed by atoms with E-state index in [4.69, 9.17) is 4.74 Å². The summed E-state index contributed by atoms with van der Waals surface area (Å²) in [6, 6.07) is 5.47. The van der Waals surface area contributed by atoms with Crippen LogP contribution < -0.4 is 26.1 Å². The third kappa shape index (κ3) is 14.3. The second-order valence-corrected chi connectivity index (χ2v) is 14.4. The number of methoxy groups -OCH3 is 1. The third-order valence-electron chi connectivity index (χ3n) is 8.03. The van der Waals surface area contributed by atoms with E-state index in [2.05, 4.69) is 26.4 Å². The van der Waals surface area contributed by atoms with Crippen LogP contribution in [0.4, 0.5) is 4.79 Å². The number of thiazole rings is 1. The fourth-order valence-electron chi connectivity index (χ4n) is 4.96. The fourth-order valence-corrected chi connectivity index (χ4v) is 5.87. The zero-order valence-corrected chi connectivity index (χ0v) is 31.1. The van der Waals surface area contributed by atoms with Crippen molar-refractivity contribution in [2.24, 2.45) is 23.7 Å². The molecule has 50 heavy (non-hydrogen) atoms. The first kappa shape index (κ1) is 41.9. The topological polar surface area (TPSA) is 199 Å². The van der Waals surface area contributed by atoms with Crippen LogP contribution in [-0.4, -0.2) is 88.3 Å². The Balaban J connectivity index is 2.09. The highest BCUT2D eigenvalue weighted by molar-refractivity contribution is 7.09. The maximum atomic E-state index is 13.2. The summed E-state index contributed by atoms with van der Waals surface area (Å²) in [4.78, 5) is 68.1. The molecule has 0 spiro atoms. The van der Waals surface area contributed by atoms with E-state index in [0.717, 1.165) is 16.3 Å². The van der Waals surface area contributed by atoms with Crippen molar-refractivity contribution >= 4 is 41.1 Å². The zero-order chi connectivity index (χ0) is 37.5. The molecule has 15 heteroatoms. The van der Waals surface area contributed by atoms with Crippen molar-refractivity contribution in [3.8, 4) is 5.75 Å². The van der Waals surface area contributed by atoms with Gasteiger partial charge in [0, 0.05) is 42.3 Å². The number of hydrogen-bond acceptors (Lipinski definition) is 9.